The van der Waals surface area contributed by atoms with Crippen LogP contribution in [-0.2, 0) is 9.47 Å². The van der Waals surface area contributed by atoms with Crippen LogP contribution in [0.5, 0.6) is 0 Å². The maximum Gasteiger partial charge on any atom is 0.163 e. The largest absolute Gasteiger partial charge is 0.396 e. The second kappa shape index (κ2) is 2.69. The average molecular weight is 172 g/mol. The van der Waals surface area contributed by atoms with Crippen LogP contribution in [0.15, 0.2) is 0 Å². The van der Waals surface area contributed by atoms with Crippen molar-refractivity contribution in [2.75, 3.05) is 13.2 Å². The van der Waals surface area contributed by atoms with Crippen molar-refractivity contribution in [1.82, 2.24) is 0 Å². The molecule has 2 fully saturated rings. The molecule has 0 spiro atoms. The highest BCUT2D eigenvalue weighted by atomic mass is 16.7. The topological polar surface area (TPSA) is 38.7 Å². The summed E-state index contributed by atoms with van der Waals surface area (Å²) in [6.45, 7) is 4.85. The normalized spacial score (nSPS) is 44.8. The van der Waals surface area contributed by atoms with Crippen molar-refractivity contribution in [1.29, 1.82) is 0 Å². The highest BCUT2D eigenvalue weighted by Crippen LogP contribution is 2.45. The van der Waals surface area contributed by atoms with Gasteiger partial charge in [-0.2, -0.15) is 0 Å². The van der Waals surface area contributed by atoms with E-state index in [1.54, 1.807) is 0 Å². The molecule has 1 saturated carbocycles. The quantitative estimate of drug-likeness (QED) is 0.668. The van der Waals surface area contributed by atoms with Crippen LogP contribution in [0.2, 0.25) is 0 Å². The Kier molecular flexibility index (Phi) is 1.90. The lowest BCUT2D eigenvalue weighted by Crippen LogP contribution is -2.22. The van der Waals surface area contributed by atoms with Gasteiger partial charge in [-0.1, -0.05) is 0 Å². The second-order valence-corrected chi connectivity index (χ2v) is 4.21. The van der Waals surface area contributed by atoms with Gasteiger partial charge >= 0.3 is 0 Å². The first-order valence-corrected chi connectivity index (χ1v) is 4.55. The Balaban J connectivity index is 1.85. The molecule has 0 aromatic carbocycles. The predicted molar refractivity (Wildman–Crippen MR) is 43.6 cm³/mol. The molecular weight excluding hydrogens is 156 g/mol. The first kappa shape index (κ1) is 8.48. The fourth-order valence-electron chi connectivity index (χ4n) is 1.86. The summed E-state index contributed by atoms with van der Waals surface area (Å²) in [4.78, 5) is 0. The lowest BCUT2D eigenvalue weighted by molar-refractivity contribution is -0.141. The van der Waals surface area contributed by atoms with Gasteiger partial charge in [-0.25, -0.2) is 0 Å². The summed E-state index contributed by atoms with van der Waals surface area (Å²) in [5.74, 6) is 0.594. The van der Waals surface area contributed by atoms with E-state index in [1.807, 2.05) is 13.8 Å². The zero-order valence-electron chi connectivity index (χ0n) is 7.62. The van der Waals surface area contributed by atoms with Gasteiger partial charge in [0.05, 0.1) is 12.7 Å². The zero-order chi connectivity index (χ0) is 8.77. The van der Waals surface area contributed by atoms with Gasteiger partial charge in [0.1, 0.15) is 0 Å². The minimum absolute atomic E-state index is 0.220. The number of hydrogen-bond acceptors (Lipinski definition) is 3. The molecule has 2 rings (SSSR count). The summed E-state index contributed by atoms with van der Waals surface area (Å²) < 4.78 is 11.1. The van der Waals surface area contributed by atoms with E-state index < -0.39 is 5.79 Å². The molecule has 1 heterocycles. The average Bonchev–Trinajstić information content (AvgIpc) is 2.70. The Labute approximate surface area is 72.7 Å². The maximum absolute atomic E-state index is 8.87. The number of rotatable bonds is 2. The van der Waals surface area contributed by atoms with Crippen LogP contribution in [0.1, 0.15) is 20.3 Å². The monoisotopic (exact) mass is 172 g/mol. The lowest BCUT2D eigenvalue weighted by atomic mass is 10.2. The van der Waals surface area contributed by atoms with Crippen molar-refractivity contribution in [3.63, 3.8) is 0 Å². The molecule has 3 atom stereocenters. The van der Waals surface area contributed by atoms with E-state index in [-0.39, 0.29) is 6.10 Å². The molecule has 3 heteroatoms. The number of aliphatic hydroxyl groups excluding tert-OH is 1. The van der Waals surface area contributed by atoms with E-state index in [0.29, 0.717) is 25.0 Å². The third-order valence-corrected chi connectivity index (χ3v) is 2.72. The zero-order valence-corrected chi connectivity index (χ0v) is 7.62. The summed E-state index contributed by atoms with van der Waals surface area (Å²) in [5.41, 5.74) is 0. The van der Waals surface area contributed by atoms with Crippen molar-refractivity contribution < 1.29 is 14.6 Å². The Bertz CT molecular complexity index is 179. The Morgan fingerprint density at radius 3 is 2.67 bits per heavy atom. The molecule has 3 nitrogen and oxygen atoms in total. The Morgan fingerprint density at radius 1 is 1.50 bits per heavy atom. The Hall–Kier alpha value is -0.120. The van der Waals surface area contributed by atoms with Gasteiger partial charge in [0.25, 0.3) is 0 Å². The van der Waals surface area contributed by atoms with E-state index in [0.717, 1.165) is 6.42 Å². The van der Waals surface area contributed by atoms with Crippen LogP contribution in [0, 0.1) is 11.8 Å². The molecule has 1 N–H and O–H groups in total. The van der Waals surface area contributed by atoms with Crippen molar-refractivity contribution >= 4 is 0 Å². The van der Waals surface area contributed by atoms with E-state index in [9.17, 15) is 0 Å². The molecule has 0 unspecified atom stereocenters. The fraction of sp³-hybridized carbons (Fsp3) is 1.00. The van der Waals surface area contributed by atoms with Crippen LogP contribution in [0.25, 0.3) is 0 Å². The van der Waals surface area contributed by atoms with Gasteiger partial charge in [-0.05, 0) is 32.1 Å². The smallest absolute Gasteiger partial charge is 0.163 e. The molecule has 12 heavy (non-hydrogen) atoms. The molecule has 70 valence electrons. The second-order valence-electron chi connectivity index (χ2n) is 4.21. The predicted octanol–water partition coefficient (Wildman–Crippen LogP) is 0.766. The van der Waals surface area contributed by atoms with E-state index in [4.69, 9.17) is 14.6 Å². The van der Waals surface area contributed by atoms with Crippen molar-refractivity contribution in [3.8, 4) is 0 Å². The van der Waals surface area contributed by atoms with E-state index in [1.165, 1.54) is 0 Å². The van der Waals surface area contributed by atoms with E-state index >= 15 is 0 Å². The summed E-state index contributed by atoms with van der Waals surface area (Å²) in [6.07, 6.45) is 1.32. The molecule has 0 aromatic heterocycles. The highest BCUT2D eigenvalue weighted by molar-refractivity contribution is 4.94. The number of hydrogen-bond donors (Lipinski definition) is 1. The van der Waals surface area contributed by atoms with Crippen molar-refractivity contribution in [2.24, 2.45) is 11.8 Å². The van der Waals surface area contributed by atoms with E-state index in [2.05, 4.69) is 0 Å². The number of ether oxygens (including phenoxy) is 2. The fourth-order valence-corrected chi connectivity index (χ4v) is 1.86. The molecule has 1 saturated heterocycles. The molecular formula is C9H16O3. The molecule has 0 aromatic rings. The molecule has 1 aliphatic carbocycles. The van der Waals surface area contributed by atoms with Crippen LogP contribution >= 0.6 is 0 Å². The SMILES string of the molecule is CC1(C)OC[C@@H]([C@H]2C[C@@H]2CO)O1. The number of aliphatic hydroxyl groups is 1. The van der Waals surface area contributed by atoms with Gasteiger partial charge in [0, 0.05) is 6.61 Å². The standard InChI is InChI=1S/C9H16O3/c1-9(2)11-5-8(12-9)7-3-6(7)4-10/h6-8,10H,3-5H2,1-2H3/t6-,7+,8+/m1/s1. The first-order valence-electron chi connectivity index (χ1n) is 4.55. The van der Waals surface area contributed by atoms with Crippen LogP contribution in [-0.4, -0.2) is 30.2 Å². The van der Waals surface area contributed by atoms with Gasteiger partial charge in [0.2, 0.25) is 0 Å². The van der Waals surface area contributed by atoms with Gasteiger partial charge in [0.15, 0.2) is 5.79 Å². The summed E-state index contributed by atoms with van der Waals surface area (Å²) in [7, 11) is 0. The van der Waals surface area contributed by atoms with Crippen molar-refractivity contribution in [2.45, 2.75) is 32.2 Å². The molecule has 1 aliphatic heterocycles. The van der Waals surface area contributed by atoms with Gasteiger partial charge in [-0.3, -0.25) is 0 Å². The molecule has 0 amide bonds. The maximum atomic E-state index is 8.87. The van der Waals surface area contributed by atoms with Crippen LogP contribution in [0.4, 0.5) is 0 Å². The lowest BCUT2D eigenvalue weighted by Gasteiger charge is -2.16. The molecule has 0 bridgehead atoms. The first-order chi connectivity index (χ1) is 5.62. The minimum Gasteiger partial charge on any atom is -0.396 e. The van der Waals surface area contributed by atoms with Crippen LogP contribution < -0.4 is 0 Å². The molecule has 0 radical (unpaired) electrons. The Morgan fingerprint density at radius 2 is 2.25 bits per heavy atom. The highest BCUT2D eigenvalue weighted by Gasteiger charge is 2.48. The summed E-state index contributed by atoms with van der Waals surface area (Å²) in [6, 6.07) is 0. The van der Waals surface area contributed by atoms with Gasteiger partial charge in [-0.15, -0.1) is 0 Å². The minimum atomic E-state index is -0.409. The third-order valence-electron chi connectivity index (χ3n) is 2.72. The summed E-state index contributed by atoms with van der Waals surface area (Å²) >= 11 is 0. The third kappa shape index (κ3) is 1.49. The molecule has 2 aliphatic rings. The van der Waals surface area contributed by atoms with Gasteiger partial charge < -0.3 is 14.6 Å². The summed E-state index contributed by atoms with van der Waals surface area (Å²) in [5, 5.41) is 8.87. The van der Waals surface area contributed by atoms with Crippen LogP contribution in [0.3, 0.4) is 0 Å². The van der Waals surface area contributed by atoms with Crippen molar-refractivity contribution in [3.05, 3.63) is 0 Å².